The molecule has 7 heteroatoms. The van der Waals surface area contributed by atoms with Crippen LogP contribution < -0.4 is 5.32 Å². The predicted octanol–water partition coefficient (Wildman–Crippen LogP) is 6.93. The lowest BCUT2D eigenvalue weighted by Crippen LogP contribution is -2.52. The van der Waals surface area contributed by atoms with Crippen molar-refractivity contribution in [2.24, 2.45) is 5.92 Å². The number of esters is 1. The molecule has 228 valence electrons. The topological polar surface area (TPSA) is 95.9 Å². The van der Waals surface area contributed by atoms with Crippen LogP contribution in [-0.4, -0.2) is 47.1 Å². The van der Waals surface area contributed by atoms with Crippen molar-refractivity contribution in [2.75, 3.05) is 13.1 Å². The van der Waals surface area contributed by atoms with Gasteiger partial charge < -0.3 is 20.1 Å². The highest BCUT2D eigenvalue weighted by molar-refractivity contribution is 5.84. The predicted molar refractivity (Wildman–Crippen MR) is 172 cm³/mol. The smallest absolute Gasteiger partial charge is 0.326 e. The number of amides is 2. The fourth-order valence-corrected chi connectivity index (χ4v) is 5.16. The van der Waals surface area contributed by atoms with Gasteiger partial charge in [0, 0.05) is 19.0 Å². The minimum Gasteiger partial charge on any atom is -0.480 e. The summed E-state index contributed by atoms with van der Waals surface area (Å²) in [7, 11) is 0. The van der Waals surface area contributed by atoms with Crippen molar-refractivity contribution in [3.63, 3.8) is 0 Å². The van der Waals surface area contributed by atoms with Crippen LogP contribution in [-0.2, 0) is 27.4 Å². The minimum absolute atomic E-state index is 0.000889. The van der Waals surface area contributed by atoms with Gasteiger partial charge in [0.1, 0.15) is 12.6 Å². The molecule has 0 fully saturated rings. The van der Waals surface area contributed by atoms with E-state index in [9.17, 15) is 19.5 Å². The van der Waals surface area contributed by atoms with Gasteiger partial charge in [-0.25, -0.2) is 9.59 Å². The summed E-state index contributed by atoms with van der Waals surface area (Å²) in [5.74, 6) is -1.99. The molecule has 4 aromatic rings. The number of carbonyl (C=O) groups excluding carboxylic acids is 2. The summed E-state index contributed by atoms with van der Waals surface area (Å²) >= 11 is 0. The first-order chi connectivity index (χ1) is 21.3. The van der Waals surface area contributed by atoms with Crippen LogP contribution in [0.3, 0.4) is 0 Å². The number of nitrogens with zero attached hydrogens (tertiary/aromatic N) is 1. The average molecular weight is 593 g/mol. The summed E-state index contributed by atoms with van der Waals surface area (Å²) in [6.45, 7) is 4.56. The van der Waals surface area contributed by atoms with Crippen molar-refractivity contribution < 1.29 is 24.2 Å². The maximum absolute atomic E-state index is 13.6. The van der Waals surface area contributed by atoms with Gasteiger partial charge in [-0.05, 0) is 40.2 Å². The molecular weight excluding hydrogens is 552 g/mol. The third kappa shape index (κ3) is 9.56. The zero-order valence-corrected chi connectivity index (χ0v) is 25.3. The molecule has 0 aliphatic heterocycles. The second-order valence-electron chi connectivity index (χ2n) is 11.3. The SMILES string of the molecule is CC(C)CN(CCC(=O)OCc1ccccc1)C(=O)N[C@H](C(=O)O)C(Cc1ccccc1)c1ccc(-c2ccccc2)cc1. The third-order valence-corrected chi connectivity index (χ3v) is 7.39. The molecule has 4 aromatic carbocycles. The average Bonchev–Trinajstić information content (AvgIpc) is 3.04. The van der Waals surface area contributed by atoms with E-state index in [1.807, 2.05) is 129 Å². The number of aliphatic carboxylic acids is 1. The molecule has 0 radical (unpaired) electrons. The monoisotopic (exact) mass is 592 g/mol. The summed E-state index contributed by atoms with van der Waals surface area (Å²) in [5, 5.41) is 13.2. The zero-order valence-electron chi connectivity index (χ0n) is 25.3. The number of nitrogens with one attached hydrogen (secondary N) is 1. The zero-order chi connectivity index (χ0) is 31.3. The standard InChI is InChI=1S/C37H40N2O5/c1-27(2)25-39(23-22-34(40)44-26-29-14-8-4-9-15-29)37(43)38-35(36(41)42)33(24-28-12-6-3-7-13-28)32-20-18-31(19-21-32)30-16-10-5-11-17-30/h3-21,27,33,35H,22-26H2,1-2H3,(H,38,43)(H,41,42)/t33?,35-/m0/s1. The highest BCUT2D eigenvalue weighted by Gasteiger charge is 2.33. The fraction of sp³-hybridized carbons (Fsp3) is 0.270. The molecular formula is C37H40N2O5. The number of urea groups is 1. The first kappa shape index (κ1) is 32.0. The largest absolute Gasteiger partial charge is 0.480 e. The highest BCUT2D eigenvalue weighted by Crippen LogP contribution is 2.28. The maximum atomic E-state index is 13.6. The molecule has 0 heterocycles. The van der Waals surface area contributed by atoms with Gasteiger partial charge in [0.05, 0.1) is 6.42 Å². The van der Waals surface area contributed by atoms with Gasteiger partial charge in [0.15, 0.2) is 0 Å². The van der Waals surface area contributed by atoms with E-state index >= 15 is 0 Å². The number of hydrogen-bond donors (Lipinski definition) is 2. The Morgan fingerprint density at radius 3 is 1.86 bits per heavy atom. The normalized spacial score (nSPS) is 12.2. The Labute approximate surface area is 259 Å². The molecule has 1 unspecified atom stereocenters. The summed E-state index contributed by atoms with van der Waals surface area (Å²) < 4.78 is 5.40. The molecule has 0 aliphatic rings. The van der Waals surface area contributed by atoms with Crippen molar-refractivity contribution >= 4 is 18.0 Å². The molecule has 2 amide bonds. The number of hydrogen-bond acceptors (Lipinski definition) is 4. The van der Waals surface area contributed by atoms with E-state index in [0.29, 0.717) is 13.0 Å². The van der Waals surface area contributed by atoms with Crippen LogP contribution in [0.2, 0.25) is 0 Å². The van der Waals surface area contributed by atoms with E-state index in [1.165, 1.54) is 4.90 Å². The first-order valence-corrected chi connectivity index (χ1v) is 15.0. The fourth-order valence-electron chi connectivity index (χ4n) is 5.16. The van der Waals surface area contributed by atoms with Crippen molar-refractivity contribution in [2.45, 2.75) is 45.3 Å². The Morgan fingerprint density at radius 2 is 1.30 bits per heavy atom. The van der Waals surface area contributed by atoms with Gasteiger partial charge in [-0.15, -0.1) is 0 Å². The number of benzene rings is 4. The second kappa shape index (κ2) is 16.1. The molecule has 0 aromatic heterocycles. The van der Waals surface area contributed by atoms with Gasteiger partial charge in [0.2, 0.25) is 0 Å². The number of carbonyl (C=O) groups is 3. The van der Waals surface area contributed by atoms with Gasteiger partial charge in [-0.2, -0.15) is 0 Å². The van der Waals surface area contributed by atoms with E-state index in [2.05, 4.69) is 5.32 Å². The van der Waals surface area contributed by atoms with Gasteiger partial charge in [0.25, 0.3) is 0 Å². The molecule has 7 nitrogen and oxygen atoms in total. The van der Waals surface area contributed by atoms with E-state index in [-0.39, 0.29) is 25.5 Å². The lowest BCUT2D eigenvalue weighted by molar-refractivity contribution is -0.145. The Bertz CT molecular complexity index is 1480. The van der Waals surface area contributed by atoms with Crippen molar-refractivity contribution in [3.8, 4) is 11.1 Å². The number of rotatable bonds is 14. The summed E-state index contributed by atoms with van der Waals surface area (Å²) in [5.41, 5.74) is 4.73. The van der Waals surface area contributed by atoms with E-state index in [4.69, 9.17) is 4.74 Å². The third-order valence-electron chi connectivity index (χ3n) is 7.39. The molecule has 2 atom stereocenters. The summed E-state index contributed by atoms with van der Waals surface area (Å²) in [6, 6.07) is 35.1. The molecule has 0 saturated carbocycles. The van der Waals surface area contributed by atoms with Gasteiger partial charge in [-0.3, -0.25) is 4.79 Å². The number of carboxylic acid groups (broad SMARTS) is 1. The Kier molecular flexibility index (Phi) is 11.7. The molecule has 44 heavy (non-hydrogen) atoms. The highest BCUT2D eigenvalue weighted by atomic mass is 16.5. The lowest BCUT2D eigenvalue weighted by Gasteiger charge is -2.30. The van der Waals surface area contributed by atoms with Gasteiger partial charge >= 0.3 is 18.0 Å². The first-order valence-electron chi connectivity index (χ1n) is 15.0. The van der Waals surface area contributed by atoms with Crippen molar-refractivity contribution in [3.05, 3.63) is 132 Å². The quantitative estimate of drug-likeness (QED) is 0.155. The Morgan fingerprint density at radius 1 is 0.750 bits per heavy atom. The van der Waals surface area contributed by atoms with Crippen molar-refractivity contribution in [1.82, 2.24) is 10.2 Å². The van der Waals surface area contributed by atoms with E-state index in [0.717, 1.165) is 27.8 Å². The van der Waals surface area contributed by atoms with Crippen LogP contribution in [0.25, 0.3) is 11.1 Å². The van der Waals surface area contributed by atoms with E-state index < -0.39 is 29.9 Å². The Balaban J connectivity index is 1.51. The van der Waals surface area contributed by atoms with Crippen LogP contribution in [0, 0.1) is 5.92 Å². The van der Waals surface area contributed by atoms with E-state index in [1.54, 1.807) is 0 Å². The van der Waals surface area contributed by atoms with Crippen LogP contribution >= 0.6 is 0 Å². The summed E-state index contributed by atoms with van der Waals surface area (Å²) in [6.07, 6.45) is 0.415. The number of ether oxygens (including phenoxy) is 1. The minimum atomic E-state index is -1.20. The van der Waals surface area contributed by atoms with Gasteiger partial charge in [-0.1, -0.05) is 129 Å². The second-order valence-corrected chi connectivity index (χ2v) is 11.3. The molecule has 2 N–H and O–H groups in total. The van der Waals surface area contributed by atoms with Crippen molar-refractivity contribution in [1.29, 1.82) is 0 Å². The molecule has 0 spiro atoms. The van der Waals surface area contributed by atoms with Crippen LogP contribution in [0.4, 0.5) is 4.79 Å². The molecule has 0 aliphatic carbocycles. The van der Waals surface area contributed by atoms with Crippen LogP contribution in [0.1, 0.15) is 42.9 Å². The number of carboxylic acids is 1. The van der Waals surface area contributed by atoms with Crippen LogP contribution in [0.5, 0.6) is 0 Å². The lowest BCUT2D eigenvalue weighted by atomic mass is 9.85. The summed E-state index contributed by atoms with van der Waals surface area (Å²) in [4.78, 5) is 40.4. The molecule has 0 saturated heterocycles. The molecule has 4 rings (SSSR count). The molecule has 0 bridgehead atoms. The maximum Gasteiger partial charge on any atom is 0.326 e. The Hall–Kier alpha value is -4.91. The van der Waals surface area contributed by atoms with Crippen LogP contribution in [0.15, 0.2) is 115 Å².